The summed E-state index contributed by atoms with van der Waals surface area (Å²) in [6.07, 6.45) is 0.624. The zero-order valence-electron chi connectivity index (χ0n) is 20.6. The van der Waals surface area contributed by atoms with Gasteiger partial charge in [-0.05, 0) is 20.3 Å². The van der Waals surface area contributed by atoms with E-state index >= 15 is 0 Å². The maximum atomic E-state index is 11.6. The molecule has 14 nitrogen and oxygen atoms in total. The second-order valence-electron chi connectivity index (χ2n) is 8.41. The highest BCUT2D eigenvalue weighted by molar-refractivity contribution is 5.03. The lowest BCUT2D eigenvalue weighted by molar-refractivity contribution is -0.0459. The van der Waals surface area contributed by atoms with Crippen LogP contribution < -0.4 is 22.5 Å². The van der Waals surface area contributed by atoms with E-state index in [9.17, 15) is 29.4 Å². The monoisotopic (exact) mass is 500 g/mol. The zero-order valence-corrected chi connectivity index (χ0v) is 19.6. The number of nitrogens with one attached hydrogen (secondary N) is 2. The van der Waals surface area contributed by atoms with Crippen molar-refractivity contribution in [1.82, 2.24) is 19.1 Å². The van der Waals surface area contributed by atoms with Crippen LogP contribution >= 0.6 is 0 Å². The molecule has 6 N–H and O–H groups in total. The number of aryl methyl sites for hydroxylation is 2. The quantitative estimate of drug-likeness (QED) is 0.321. The molecule has 35 heavy (non-hydrogen) atoms. The lowest BCUT2D eigenvalue weighted by Crippen LogP contribution is -2.33. The lowest BCUT2D eigenvalue weighted by atomic mass is 10.1. The average molecular weight is 501 g/mol. The van der Waals surface area contributed by atoms with Gasteiger partial charge >= 0.3 is 12.8 Å². The molecule has 2 aromatic rings. The molecule has 0 bridgehead atoms. The van der Waals surface area contributed by atoms with E-state index in [4.69, 9.17) is 14.6 Å². The molecule has 2 aromatic heterocycles. The first-order chi connectivity index (χ1) is 16.0. The van der Waals surface area contributed by atoms with Crippen LogP contribution in [0.4, 0.5) is 0 Å². The number of nitrogens with zero attached hydrogens (tertiary/aromatic N) is 2. The van der Waals surface area contributed by atoms with Crippen LogP contribution in [0.2, 0.25) is 0 Å². The first-order valence-corrected chi connectivity index (χ1v) is 11.0. The topological polar surface area (TPSA) is 219 Å². The van der Waals surface area contributed by atoms with E-state index in [0.29, 0.717) is 24.0 Å². The van der Waals surface area contributed by atoms with Crippen molar-refractivity contribution in [2.45, 2.75) is 76.9 Å². The molecule has 2 aliphatic rings. The minimum Gasteiger partial charge on any atom is -0.870 e. The predicted molar refractivity (Wildman–Crippen MR) is 122 cm³/mol. The van der Waals surface area contributed by atoms with Gasteiger partial charge in [0.1, 0.15) is 18.6 Å². The van der Waals surface area contributed by atoms with Crippen molar-refractivity contribution in [2.24, 2.45) is 0 Å². The summed E-state index contributed by atoms with van der Waals surface area (Å²) in [6, 6.07) is 0. The Morgan fingerprint density at radius 3 is 1.63 bits per heavy atom. The molecular weight excluding hydrogens is 468 g/mol. The number of aliphatic hydroxyl groups is 3. The van der Waals surface area contributed by atoms with Crippen LogP contribution in [-0.4, -0.2) is 70.9 Å². The molecule has 0 spiro atoms. The van der Waals surface area contributed by atoms with Gasteiger partial charge in [0.05, 0.1) is 24.9 Å². The van der Waals surface area contributed by atoms with E-state index in [-0.39, 0.29) is 26.0 Å². The number of aliphatic hydroxyl groups excluding tert-OH is 3. The van der Waals surface area contributed by atoms with Crippen LogP contribution in [0.3, 0.4) is 0 Å². The normalized spacial score (nSPS) is 27.7. The molecule has 196 valence electrons. The van der Waals surface area contributed by atoms with Gasteiger partial charge in [0.15, 0.2) is 0 Å². The summed E-state index contributed by atoms with van der Waals surface area (Å²) in [6.45, 7) is 4.80. The van der Waals surface area contributed by atoms with Crippen LogP contribution in [0.25, 0.3) is 0 Å². The number of hydrogen-bond donors (Lipinski definition) is 5. The Labute approximate surface area is 200 Å². The highest BCUT2D eigenvalue weighted by atomic mass is 16.5. The van der Waals surface area contributed by atoms with Gasteiger partial charge in [0.2, 0.25) is 0 Å². The third-order valence-electron chi connectivity index (χ3n) is 5.90. The number of aromatic nitrogens is 4. The third-order valence-corrected chi connectivity index (χ3v) is 5.90. The molecule has 4 rings (SSSR count). The maximum absolute atomic E-state index is 11.6. The van der Waals surface area contributed by atoms with E-state index in [1.807, 2.05) is 6.92 Å². The van der Waals surface area contributed by atoms with Crippen LogP contribution in [-0.2, 0) is 9.47 Å². The second-order valence-corrected chi connectivity index (χ2v) is 8.41. The summed E-state index contributed by atoms with van der Waals surface area (Å²) in [5.74, 6) is 0. The van der Waals surface area contributed by atoms with Gasteiger partial charge in [-0.2, -0.15) is 0 Å². The maximum Gasteiger partial charge on any atom is 1.00 e. The fourth-order valence-electron chi connectivity index (χ4n) is 3.90. The highest BCUT2D eigenvalue weighted by Crippen LogP contribution is 2.29. The molecule has 2 aliphatic heterocycles. The summed E-state index contributed by atoms with van der Waals surface area (Å²) in [5, 5.41) is 28.2. The van der Waals surface area contributed by atoms with Crippen LogP contribution in [0.1, 0.15) is 51.2 Å². The van der Waals surface area contributed by atoms with Crippen molar-refractivity contribution in [2.75, 3.05) is 6.61 Å². The first-order valence-electron chi connectivity index (χ1n) is 11.0. The summed E-state index contributed by atoms with van der Waals surface area (Å²) in [7, 11) is 0. The summed E-state index contributed by atoms with van der Waals surface area (Å²) >= 11 is 0. The average Bonchev–Trinajstić information content (AvgIpc) is 3.35. The molecule has 2 saturated heterocycles. The first kappa shape index (κ1) is 28.4. The zero-order chi connectivity index (χ0) is 25.2. The van der Waals surface area contributed by atoms with E-state index in [0.717, 1.165) is 0 Å². The Bertz CT molecular complexity index is 1140. The van der Waals surface area contributed by atoms with E-state index < -0.39 is 53.3 Å². The molecule has 0 aromatic carbocycles. The summed E-state index contributed by atoms with van der Waals surface area (Å²) in [4.78, 5) is 50.0. The van der Waals surface area contributed by atoms with Gasteiger partial charge < -0.3 is 30.3 Å². The van der Waals surface area contributed by atoms with Crippen molar-refractivity contribution in [3.05, 3.63) is 65.2 Å². The van der Waals surface area contributed by atoms with Crippen LogP contribution in [0.5, 0.6) is 0 Å². The molecule has 2 fully saturated rings. The SMILES string of the molecule is CC[C@H]1O[C@@H](n2cc(C)c(=O)[nH]c2=O)CC1O.Cc1cn([C@H]2CC(O)[C@@H](CO)O2)c(=O)[nH]c1=O.[H+].[OH-]. The number of ether oxygens (including phenoxy) is 2. The van der Waals surface area contributed by atoms with Gasteiger partial charge in [-0.25, -0.2) is 9.59 Å². The highest BCUT2D eigenvalue weighted by Gasteiger charge is 2.35. The van der Waals surface area contributed by atoms with Gasteiger partial charge in [0, 0.05) is 36.4 Å². The molecule has 0 aliphatic carbocycles. The Morgan fingerprint density at radius 2 is 1.29 bits per heavy atom. The molecular formula is C21H32N4O10. The molecule has 4 heterocycles. The van der Waals surface area contributed by atoms with Crippen molar-refractivity contribution >= 4 is 0 Å². The minimum absolute atomic E-state index is 0. The number of rotatable bonds is 4. The fraction of sp³-hybridized carbons (Fsp3) is 0.619. The molecule has 14 heteroatoms. The summed E-state index contributed by atoms with van der Waals surface area (Å²) < 4.78 is 13.4. The number of hydrogen-bond acceptors (Lipinski definition) is 10. The number of aromatic amines is 2. The molecule has 6 atom stereocenters. The minimum atomic E-state index is -0.816. The van der Waals surface area contributed by atoms with Gasteiger partial charge in [0.25, 0.3) is 11.1 Å². The lowest BCUT2D eigenvalue weighted by Gasteiger charge is -2.14. The van der Waals surface area contributed by atoms with Crippen LogP contribution in [0.15, 0.2) is 31.6 Å². The van der Waals surface area contributed by atoms with Crippen LogP contribution in [0, 0.1) is 13.8 Å². The van der Waals surface area contributed by atoms with E-state index in [2.05, 4.69) is 9.97 Å². The van der Waals surface area contributed by atoms with Crippen molar-refractivity contribution in [3.8, 4) is 0 Å². The van der Waals surface area contributed by atoms with Gasteiger partial charge in [-0.3, -0.25) is 28.7 Å². The largest absolute Gasteiger partial charge is 1.00 e. The molecule has 0 saturated carbocycles. The number of H-pyrrole nitrogens is 2. The second kappa shape index (κ2) is 11.7. The predicted octanol–water partition coefficient (Wildman–Crippen LogP) is -1.68. The third kappa shape index (κ3) is 6.22. The molecule has 0 radical (unpaired) electrons. The fourth-order valence-corrected chi connectivity index (χ4v) is 3.90. The van der Waals surface area contributed by atoms with Crippen molar-refractivity contribution < 1.29 is 31.7 Å². The van der Waals surface area contributed by atoms with E-state index in [1.165, 1.54) is 21.5 Å². The van der Waals surface area contributed by atoms with Gasteiger partial charge in [-0.15, -0.1) is 0 Å². The Kier molecular flexibility index (Phi) is 9.48. The molecule has 2 unspecified atom stereocenters. The Morgan fingerprint density at radius 1 is 0.886 bits per heavy atom. The smallest absolute Gasteiger partial charge is 0.870 e. The van der Waals surface area contributed by atoms with E-state index in [1.54, 1.807) is 13.8 Å². The van der Waals surface area contributed by atoms with Gasteiger partial charge in [-0.1, -0.05) is 6.92 Å². The Balaban J connectivity index is 0.000000341. The van der Waals surface area contributed by atoms with Crippen molar-refractivity contribution in [3.63, 3.8) is 0 Å². The summed E-state index contributed by atoms with van der Waals surface area (Å²) in [5.41, 5.74) is -1.09. The molecule has 0 amide bonds. The Hall–Kier alpha value is -2.88. The standard InChI is InChI=1S/C11H16N2O4.C10H14N2O5.H2O/c1-3-8-7(14)4-9(17-8)13-5-6(2)10(15)12-11(13)16;1-5-3-12(10(16)11-9(5)15)8-2-6(14)7(4-13)17-8;/h5,7-9,14H,3-4H2,1-2H3,(H,12,15,16);3,6-8,13-14H,2,4H2,1H3,(H,11,15,16);1H2/t7?,8-,9-;6?,7-,8-;/m11./s1. The van der Waals surface area contributed by atoms with Crippen molar-refractivity contribution in [1.29, 1.82) is 0 Å².